The van der Waals surface area contributed by atoms with Crippen molar-refractivity contribution in [3.05, 3.63) is 45.5 Å². The van der Waals surface area contributed by atoms with Crippen LogP contribution in [-0.2, 0) is 4.79 Å². The molecular weight excluding hydrogens is 332 g/mol. The highest BCUT2D eigenvalue weighted by atomic mass is 16.7. The number of nitrogens with two attached hydrogens (primary N) is 1. The van der Waals surface area contributed by atoms with Gasteiger partial charge < -0.3 is 16.4 Å². The Labute approximate surface area is 143 Å². The zero-order chi connectivity index (χ0) is 18.8. The predicted octanol–water partition coefficient (Wildman–Crippen LogP) is -0.525. The lowest BCUT2D eigenvalue weighted by atomic mass is 10.1. The maximum atomic E-state index is 12.2. The van der Waals surface area contributed by atoms with E-state index in [0.717, 1.165) is 5.56 Å². The number of nitro groups is 1. The first-order valence-corrected chi connectivity index (χ1v) is 7.37. The van der Waals surface area contributed by atoms with Crippen LogP contribution < -0.4 is 21.8 Å². The Morgan fingerprint density at radius 1 is 1.44 bits per heavy atom. The molecule has 25 heavy (non-hydrogen) atoms. The van der Waals surface area contributed by atoms with Gasteiger partial charge in [-0.15, -0.1) is 0 Å². The fourth-order valence-electron chi connectivity index (χ4n) is 2.02. The summed E-state index contributed by atoms with van der Waals surface area (Å²) in [4.78, 5) is 34.0. The van der Waals surface area contributed by atoms with E-state index in [2.05, 4.69) is 15.7 Å². The Kier molecular flexibility index (Phi) is 7.79. The summed E-state index contributed by atoms with van der Waals surface area (Å²) in [7, 11) is 0. The molecule has 0 saturated heterocycles. The molecular formula is C14H20N6O5. The van der Waals surface area contributed by atoms with Crippen LogP contribution in [0.25, 0.3) is 0 Å². The van der Waals surface area contributed by atoms with Gasteiger partial charge in [-0.2, -0.15) is 0 Å². The SMILES string of the molecule is Cc1cccc(C(=O)N[C@@H](CCCN/C(N)=N/[N+](=O)[O-])C(=O)NO)c1. The van der Waals surface area contributed by atoms with Gasteiger partial charge in [0.2, 0.25) is 0 Å². The van der Waals surface area contributed by atoms with E-state index in [1.165, 1.54) is 5.48 Å². The Balaban J connectivity index is 2.58. The Morgan fingerprint density at radius 2 is 2.16 bits per heavy atom. The largest absolute Gasteiger partial charge is 0.365 e. The molecule has 0 unspecified atom stereocenters. The van der Waals surface area contributed by atoms with Gasteiger partial charge >= 0.3 is 0 Å². The molecule has 6 N–H and O–H groups in total. The number of benzene rings is 1. The molecule has 1 rings (SSSR count). The monoisotopic (exact) mass is 352 g/mol. The summed E-state index contributed by atoms with van der Waals surface area (Å²) in [6.45, 7) is 2.02. The molecule has 0 aliphatic heterocycles. The van der Waals surface area contributed by atoms with Crippen molar-refractivity contribution in [1.29, 1.82) is 0 Å². The second kappa shape index (κ2) is 9.82. The van der Waals surface area contributed by atoms with Crippen molar-refractivity contribution in [2.45, 2.75) is 25.8 Å². The molecule has 2 amide bonds. The van der Waals surface area contributed by atoms with Crippen LogP contribution in [0.15, 0.2) is 29.4 Å². The summed E-state index contributed by atoms with van der Waals surface area (Å²) >= 11 is 0. The first-order valence-electron chi connectivity index (χ1n) is 7.37. The third-order valence-electron chi connectivity index (χ3n) is 3.18. The van der Waals surface area contributed by atoms with Crippen LogP contribution in [0.2, 0.25) is 0 Å². The van der Waals surface area contributed by atoms with Crippen molar-refractivity contribution in [3.63, 3.8) is 0 Å². The van der Waals surface area contributed by atoms with Crippen LogP contribution in [0.4, 0.5) is 0 Å². The summed E-state index contributed by atoms with van der Waals surface area (Å²) in [6.07, 6.45) is 0.503. The molecule has 0 aliphatic rings. The fourth-order valence-corrected chi connectivity index (χ4v) is 2.02. The molecule has 0 heterocycles. The van der Waals surface area contributed by atoms with Crippen molar-refractivity contribution < 1.29 is 19.8 Å². The van der Waals surface area contributed by atoms with Crippen molar-refractivity contribution in [3.8, 4) is 0 Å². The number of hydrogen-bond donors (Lipinski definition) is 5. The van der Waals surface area contributed by atoms with Gasteiger partial charge in [-0.1, -0.05) is 17.7 Å². The van der Waals surface area contributed by atoms with E-state index in [-0.39, 0.29) is 18.9 Å². The van der Waals surface area contributed by atoms with Gasteiger partial charge in [0.15, 0.2) is 5.03 Å². The highest BCUT2D eigenvalue weighted by Crippen LogP contribution is 2.05. The van der Waals surface area contributed by atoms with Gasteiger partial charge in [0.25, 0.3) is 17.8 Å². The number of carbonyl (C=O) groups excluding carboxylic acids is 2. The first-order chi connectivity index (χ1) is 11.8. The van der Waals surface area contributed by atoms with Gasteiger partial charge in [-0.05, 0) is 31.9 Å². The number of nitrogens with one attached hydrogen (secondary N) is 3. The van der Waals surface area contributed by atoms with E-state index in [0.29, 0.717) is 12.0 Å². The second-order valence-electron chi connectivity index (χ2n) is 5.16. The van der Waals surface area contributed by atoms with Crippen LogP contribution in [0.1, 0.15) is 28.8 Å². The summed E-state index contributed by atoms with van der Waals surface area (Å²) in [5, 5.41) is 25.9. The average Bonchev–Trinajstić information content (AvgIpc) is 2.56. The van der Waals surface area contributed by atoms with Crippen LogP contribution in [0, 0.1) is 17.0 Å². The Bertz CT molecular complexity index is 663. The zero-order valence-corrected chi connectivity index (χ0v) is 13.6. The standard InChI is InChI=1S/C14H20N6O5/c1-9-4-2-5-10(8-9)12(21)17-11(13(22)19-23)6-3-7-16-14(15)18-20(24)25/h2,4-5,8,11,23H,3,6-7H2,1H3,(H,17,21)(H,19,22)(H3,15,16,18)/t11-/m0/s1. The Morgan fingerprint density at radius 3 is 2.76 bits per heavy atom. The number of amides is 2. The van der Waals surface area contributed by atoms with E-state index in [9.17, 15) is 19.7 Å². The highest BCUT2D eigenvalue weighted by Gasteiger charge is 2.20. The highest BCUT2D eigenvalue weighted by molar-refractivity contribution is 5.97. The topological polar surface area (TPSA) is 172 Å². The lowest BCUT2D eigenvalue weighted by molar-refractivity contribution is -0.485. The van der Waals surface area contributed by atoms with Gasteiger partial charge in [0, 0.05) is 12.1 Å². The van der Waals surface area contributed by atoms with E-state index in [4.69, 9.17) is 10.9 Å². The normalized spacial score (nSPS) is 12.2. The molecule has 0 fully saturated rings. The van der Waals surface area contributed by atoms with Crippen molar-refractivity contribution in [2.75, 3.05) is 6.54 Å². The number of hydrazone groups is 1. The minimum absolute atomic E-state index is 0.169. The number of carbonyl (C=O) groups is 2. The van der Waals surface area contributed by atoms with Gasteiger partial charge in [-0.25, -0.2) is 15.6 Å². The molecule has 1 atom stereocenters. The molecule has 1 aromatic carbocycles. The molecule has 11 nitrogen and oxygen atoms in total. The molecule has 1 aromatic rings. The van der Waals surface area contributed by atoms with E-state index < -0.39 is 22.9 Å². The van der Waals surface area contributed by atoms with Gasteiger partial charge in [-0.3, -0.25) is 14.8 Å². The van der Waals surface area contributed by atoms with Crippen molar-refractivity contribution in [2.24, 2.45) is 10.8 Å². The zero-order valence-electron chi connectivity index (χ0n) is 13.6. The minimum Gasteiger partial charge on any atom is -0.365 e. The fraction of sp³-hybridized carbons (Fsp3) is 0.357. The molecule has 0 radical (unpaired) electrons. The number of nitrogens with zero attached hydrogens (tertiary/aromatic N) is 2. The van der Waals surface area contributed by atoms with Crippen molar-refractivity contribution >= 4 is 17.8 Å². The van der Waals surface area contributed by atoms with Crippen LogP contribution >= 0.6 is 0 Å². The van der Waals surface area contributed by atoms with Crippen LogP contribution in [0.3, 0.4) is 0 Å². The third-order valence-corrected chi connectivity index (χ3v) is 3.18. The molecule has 0 spiro atoms. The van der Waals surface area contributed by atoms with E-state index in [1.807, 2.05) is 13.0 Å². The minimum atomic E-state index is -0.978. The molecule has 11 heteroatoms. The summed E-state index contributed by atoms with van der Waals surface area (Å²) in [6, 6.07) is 5.84. The van der Waals surface area contributed by atoms with E-state index in [1.54, 1.807) is 18.2 Å². The predicted molar refractivity (Wildman–Crippen MR) is 88.2 cm³/mol. The molecule has 0 aromatic heterocycles. The summed E-state index contributed by atoms with van der Waals surface area (Å²) in [5.74, 6) is -1.59. The number of aryl methyl sites for hydroxylation is 1. The number of guanidine groups is 1. The molecule has 0 aliphatic carbocycles. The summed E-state index contributed by atoms with van der Waals surface area (Å²) in [5.41, 5.74) is 8.03. The van der Waals surface area contributed by atoms with Crippen LogP contribution in [0.5, 0.6) is 0 Å². The van der Waals surface area contributed by atoms with Crippen LogP contribution in [-0.4, -0.2) is 40.6 Å². The maximum absolute atomic E-state index is 12.2. The van der Waals surface area contributed by atoms with Gasteiger partial charge in [0.05, 0.1) is 0 Å². The lowest BCUT2D eigenvalue weighted by Gasteiger charge is -2.17. The average molecular weight is 352 g/mol. The summed E-state index contributed by atoms with van der Waals surface area (Å²) < 4.78 is 0. The maximum Gasteiger partial charge on any atom is 0.266 e. The molecule has 0 bridgehead atoms. The van der Waals surface area contributed by atoms with Gasteiger partial charge in [0.1, 0.15) is 11.1 Å². The number of rotatable bonds is 8. The first kappa shape index (κ1) is 19.8. The van der Waals surface area contributed by atoms with Crippen molar-refractivity contribution in [1.82, 2.24) is 16.1 Å². The smallest absolute Gasteiger partial charge is 0.266 e. The number of hydroxylamine groups is 1. The molecule has 0 saturated carbocycles. The second-order valence-corrected chi connectivity index (χ2v) is 5.16. The third kappa shape index (κ3) is 7.26. The lowest BCUT2D eigenvalue weighted by Crippen LogP contribution is -2.46. The van der Waals surface area contributed by atoms with E-state index >= 15 is 0 Å². The number of hydrogen-bond acceptors (Lipinski definition) is 5. The molecule has 136 valence electrons. The Hall–Kier alpha value is -3.21. The quantitative estimate of drug-likeness (QED) is 0.104.